The van der Waals surface area contributed by atoms with Gasteiger partial charge in [-0.05, 0) is 35.9 Å². The quantitative estimate of drug-likeness (QED) is 0.497. The zero-order chi connectivity index (χ0) is 24.1. The van der Waals surface area contributed by atoms with Crippen molar-refractivity contribution in [2.75, 3.05) is 25.1 Å². The van der Waals surface area contributed by atoms with Gasteiger partial charge in [-0.1, -0.05) is 12.1 Å². The van der Waals surface area contributed by atoms with Gasteiger partial charge in [-0.25, -0.2) is 9.18 Å². The van der Waals surface area contributed by atoms with Crippen LogP contribution in [0.3, 0.4) is 0 Å². The maximum Gasteiger partial charge on any atom is 0.414 e. The summed E-state index contributed by atoms with van der Waals surface area (Å²) < 4.78 is 31.0. The molecule has 0 unspecified atom stereocenters. The van der Waals surface area contributed by atoms with Crippen molar-refractivity contribution in [3.8, 4) is 16.9 Å². The first-order chi connectivity index (χ1) is 16.4. The molecule has 2 heterocycles. The minimum Gasteiger partial charge on any atom is -0.496 e. The van der Waals surface area contributed by atoms with E-state index in [2.05, 4.69) is 10.6 Å². The Kier molecular flexibility index (Phi) is 7.12. The number of hydrogen-bond acceptors (Lipinski definition) is 6. The van der Waals surface area contributed by atoms with E-state index >= 15 is 4.39 Å². The van der Waals surface area contributed by atoms with Crippen molar-refractivity contribution >= 4 is 17.7 Å². The molecule has 34 heavy (non-hydrogen) atoms. The van der Waals surface area contributed by atoms with Gasteiger partial charge in [0.15, 0.2) is 0 Å². The number of carbonyl (C=O) groups is 2. The first-order valence-electron chi connectivity index (χ1n) is 10.9. The standard InChI is InChI=1S/C25H26FN3O5/c1-16(30)28-13-20-14-29(25(31)34-20)19-4-6-21(23(26)10-19)22-5-3-17(9-24(22)32-2)11-27-12-18-7-8-33-15-18/h3-10,15,20,27H,11-14H2,1-2H3,(H,28,30)/t20-/m0/s1. The van der Waals surface area contributed by atoms with Gasteiger partial charge in [-0.15, -0.1) is 0 Å². The molecule has 1 fully saturated rings. The van der Waals surface area contributed by atoms with Crippen LogP contribution in [0.5, 0.6) is 5.75 Å². The Morgan fingerprint density at radius 1 is 1.15 bits per heavy atom. The number of halogens is 1. The lowest BCUT2D eigenvalue weighted by Gasteiger charge is -2.16. The van der Waals surface area contributed by atoms with Crippen LogP contribution < -0.4 is 20.3 Å². The topological polar surface area (TPSA) is 93.0 Å². The largest absolute Gasteiger partial charge is 0.496 e. The van der Waals surface area contributed by atoms with E-state index in [-0.39, 0.29) is 19.0 Å². The molecule has 1 saturated heterocycles. The molecular weight excluding hydrogens is 441 g/mol. The van der Waals surface area contributed by atoms with Gasteiger partial charge >= 0.3 is 6.09 Å². The molecule has 1 atom stereocenters. The van der Waals surface area contributed by atoms with Crippen LogP contribution in [0.1, 0.15) is 18.1 Å². The van der Waals surface area contributed by atoms with Crippen LogP contribution in [0.15, 0.2) is 59.4 Å². The van der Waals surface area contributed by atoms with Gasteiger partial charge in [0.1, 0.15) is 17.7 Å². The number of hydrogen-bond donors (Lipinski definition) is 2. The second-order valence-corrected chi connectivity index (χ2v) is 7.99. The number of nitrogens with zero attached hydrogens (tertiary/aromatic N) is 1. The molecule has 2 amide bonds. The van der Waals surface area contributed by atoms with Crippen molar-refractivity contribution in [2.45, 2.75) is 26.1 Å². The maximum absolute atomic E-state index is 15.1. The van der Waals surface area contributed by atoms with Crippen molar-refractivity contribution in [2.24, 2.45) is 0 Å². The molecule has 8 nitrogen and oxygen atoms in total. The number of benzene rings is 2. The number of nitrogens with one attached hydrogen (secondary N) is 2. The highest BCUT2D eigenvalue weighted by molar-refractivity contribution is 5.90. The van der Waals surface area contributed by atoms with Gasteiger partial charge in [0, 0.05) is 36.7 Å². The number of cyclic esters (lactones) is 1. The summed E-state index contributed by atoms with van der Waals surface area (Å²) in [5.74, 6) is -0.149. The SMILES string of the molecule is COc1cc(CNCc2ccoc2)ccc1-c1ccc(N2C[C@H](CNC(C)=O)OC2=O)cc1F. The normalized spacial score (nSPS) is 15.3. The van der Waals surface area contributed by atoms with Crippen molar-refractivity contribution in [3.63, 3.8) is 0 Å². The van der Waals surface area contributed by atoms with Crippen LogP contribution in [0.25, 0.3) is 11.1 Å². The third kappa shape index (κ3) is 5.37. The Balaban J connectivity index is 1.46. The summed E-state index contributed by atoms with van der Waals surface area (Å²) in [7, 11) is 1.54. The monoisotopic (exact) mass is 467 g/mol. The molecule has 2 N–H and O–H groups in total. The van der Waals surface area contributed by atoms with Crippen LogP contribution in [-0.4, -0.2) is 38.3 Å². The van der Waals surface area contributed by atoms with Crippen LogP contribution in [0.4, 0.5) is 14.9 Å². The predicted octanol–water partition coefficient (Wildman–Crippen LogP) is 3.85. The zero-order valence-corrected chi connectivity index (χ0v) is 19.0. The summed E-state index contributed by atoms with van der Waals surface area (Å²) in [5.41, 5.74) is 3.40. The van der Waals surface area contributed by atoms with E-state index < -0.39 is 18.0 Å². The number of methoxy groups -OCH3 is 1. The fourth-order valence-corrected chi connectivity index (χ4v) is 3.80. The van der Waals surface area contributed by atoms with Crippen LogP contribution in [-0.2, 0) is 22.6 Å². The van der Waals surface area contributed by atoms with E-state index in [1.807, 2.05) is 24.3 Å². The summed E-state index contributed by atoms with van der Waals surface area (Å²) in [6, 6.07) is 12.1. The average molecular weight is 467 g/mol. The Labute approximate surface area is 196 Å². The van der Waals surface area contributed by atoms with Gasteiger partial charge in [-0.3, -0.25) is 9.69 Å². The van der Waals surface area contributed by atoms with E-state index in [4.69, 9.17) is 13.9 Å². The van der Waals surface area contributed by atoms with Crippen molar-refractivity contribution in [1.29, 1.82) is 0 Å². The van der Waals surface area contributed by atoms with Crippen LogP contribution in [0, 0.1) is 5.82 Å². The molecular formula is C25H26FN3O5. The highest BCUT2D eigenvalue weighted by Crippen LogP contribution is 2.35. The highest BCUT2D eigenvalue weighted by Gasteiger charge is 2.32. The van der Waals surface area contributed by atoms with Gasteiger partial charge in [0.05, 0.1) is 38.4 Å². The van der Waals surface area contributed by atoms with Crippen LogP contribution in [0.2, 0.25) is 0 Å². The molecule has 1 aliphatic rings. The fourth-order valence-electron chi connectivity index (χ4n) is 3.80. The Morgan fingerprint density at radius 3 is 2.65 bits per heavy atom. The molecule has 9 heteroatoms. The minimum atomic E-state index is -0.577. The summed E-state index contributed by atoms with van der Waals surface area (Å²) in [5, 5.41) is 5.94. The molecule has 0 spiro atoms. The van der Waals surface area contributed by atoms with E-state index in [1.54, 1.807) is 31.8 Å². The molecule has 178 valence electrons. The fraction of sp³-hybridized carbons (Fsp3) is 0.280. The minimum absolute atomic E-state index is 0.207. The average Bonchev–Trinajstić information content (AvgIpc) is 3.47. The summed E-state index contributed by atoms with van der Waals surface area (Å²) in [6.07, 6.45) is 2.25. The van der Waals surface area contributed by atoms with Crippen LogP contribution >= 0.6 is 0 Å². The number of furan rings is 1. The van der Waals surface area contributed by atoms with E-state index in [0.717, 1.165) is 11.1 Å². The maximum atomic E-state index is 15.1. The lowest BCUT2D eigenvalue weighted by Crippen LogP contribution is -2.33. The lowest BCUT2D eigenvalue weighted by atomic mass is 10.0. The summed E-state index contributed by atoms with van der Waals surface area (Å²) in [4.78, 5) is 24.7. The van der Waals surface area contributed by atoms with Gasteiger partial charge in [0.25, 0.3) is 0 Å². The number of ether oxygens (including phenoxy) is 2. The second kappa shape index (κ2) is 10.4. The smallest absolute Gasteiger partial charge is 0.414 e. The van der Waals surface area contributed by atoms with Gasteiger partial charge in [0.2, 0.25) is 5.91 Å². The zero-order valence-electron chi connectivity index (χ0n) is 19.0. The van der Waals surface area contributed by atoms with Crippen molar-refractivity contribution < 1.29 is 27.9 Å². The third-order valence-electron chi connectivity index (χ3n) is 5.51. The molecule has 1 aromatic heterocycles. The van der Waals surface area contributed by atoms with E-state index in [1.165, 1.54) is 17.9 Å². The molecule has 2 aromatic carbocycles. The Morgan fingerprint density at radius 2 is 1.94 bits per heavy atom. The number of anilines is 1. The predicted molar refractivity (Wildman–Crippen MR) is 124 cm³/mol. The first kappa shape index (κ1) is 23.3. The van der Waals surface area contributed by atoms with Crippen molar-refractivity contribution in [1.82, 2.24) is 10.6 Å². The van der Waals surface area contributed by atoms with E-state index in [9.17, 15) is 9.59 Å². The number of amides is 2. The molecule has 4 rings (SSSR count). The molecule has 0 bridgehead atoms. The Bertz CT molecular complexity index is 1170. The summed E-state index contributed by atoms with van der Waals surface area (Å²) >= 11 is 0. The van der Waals surface area contributed by atoms with Gasteiger partial charge < -0.3 is 24.5 Å². The molecule has 0 aliphatic carbocycles. The van der Waals surface area contributed by atoms with E-state index in [0.29, 0.717) is 35.7 Å². The molecule has 1 aliphatic heterocycles. The van der Waals surface area contributed by atoms with Gasteiger partial charge in [-0.2, -0.15) is 0 Å². The molecule has 0 radical (unpaired) electrons. The number of rotatable bonds is 9. The Hall–Kier alpha value is -3.85. The summed E-state index contributed by atoms with van der Waals surface area (Å²) in [6.45, 7) is 3.10. The molecule has 3 aromatic rings. The number of carbonyl (C=O) groups excluding carboxylic acids is 2. The highest BCUT2D eigenvalue weighted by atomic mass is 19.1. The molecule has 0 saturated carbocycles. The van der Waals surface area contributed by atoms with Crippen molar-refractivity contribution in [3.05, 3.63) is 71.9 Å². The second-order valence-electron chi connectivity index (χ2n) is 7.99. The lowest BCUT2D eigenvalue weighted by molar-refractivity contribution is -0.119. The third-order valence-corrected chi connectivity index (χ3v) is 5.51. The first-order valence-corrected chi connectivity index (χ1v) is 10.9.